The SMILES string of the molecule is CC(=O)OC(C)=O.CCC(N)=O. The van der Waals surface area contributed by atoms with Gasteiger partial charge in [-0.1, -0.05) is 6.92 Å². The summed E-state index contributed by atoms with van der Waals surface area (Å²) in [5, 5.41) is 0. The highest BCUT2D eigenvalue weighted by Crippen LogP contribution is 1.73. The minimum absolute atomic E-state index is 0.245. The molecule has 0 unspecified atom stereocenters. The topological polar surface area (TPSA) is 86.5 Å². The molecule has 0 rings (SSSR count). The smallest absolute Gasteiger partial charge is 0.310 e. The van der Waals surface area contributed by atoms with Gasteiger partial charge in [-0.05, 0) is 0 Å². The molecule has 1 amide bonds. The number of rotatable bonds is 1. The lowest BCUT2D eigenvalue weighted by molar-refractivity contribution is -0.156. The Kier molecular flexibility index (Phi) is 8.50. The summed E-state index contributed by atoms with van der Waals surface area (Å²) in [6.07, 6.45) is 0.444. The number of primary amides is 1. The van der Waals surface area contributed by atoms with Crippen molar-refractivity contribution in [1.29, 1.82) is 0 Å². The van der Waals surface area contributed by atoms with Gasteiger partial charge in [0.15, 0.2) is 0 Å². The average molecular weight is 175 g/mol. The molecule has 0 aromatic heterocycles. The summed E-state index contributed by atoms with van der Waals surface area (Å²) in [6.45, 7) is 4.09. The Morgan fingerprint density at radius 3 is 1.42 bits per heavy atom. The Morgan fingerprint density at radius 1 is 1.17 bits per heavy atom. The highest BCUT2D eigenvalue weighted by molar-refractivity contribution is 5.82. The summed E-state index contributed by atoms with van der Waals surface area (Å²) in [5.74, 6) is -1.37. The maximum atomic E-state index is 9.81. The lowest BCUT2D eigenvalue weighted by Gasteiger charge is -1.87. The Bertz CT molecular complexity index is 164. The summed E-state index contributed by atoms with van der Waals surface area (Å²) >= 11 is 0. The number of carbonyl (C=O) groups excluding carboxylic acids is 3. The first-order valence-electron chi connectivity index (χ1n) is 3.37. The quantitative estimate of drug-likeness (QED) is 0.448. The van der Waals surface area contributed by atoms with Crippen molar-refractivity contribution in [3.05, 3.63) is 0 Å². The molecule has 0 fully saturated rings. The van der Waals surface area contributed by atoms with Crippen LogP contribution in [0.3, 0.4) is 0 Å². The second-order valence-electron chi connectivity index (χ2n) is 1.91. The van der Waals surface area contributed by atoms with Gasteiger partial charge in [-0.3, -0.25) is 14.4 Å². The van der Waals surface area contributed by atoms with Crippen molar-refractivity contribution in [3.63, 3.8) is 0 Å². The van der Waals surface area contributed by atoms with Crippen LogP contribution >= 0.6 is 0 Å². The summed E-state index contributed by atoms with van der Waals surface area (Å²) < 4.78 is 3.97. The van der Waals surface area contributed by atoms with Crippen molar-refractivity contribution in [2.75, 3.05) is 0 Å². The molecule has 0 atom stereocenters. The van der Waals surface area contributed by atoms with Gasteiger partial charge in [-0.2, -0.15) is 0 Å². The van der Waals surface area contributed by atoms with Gasteiger partial charge in [0, 0.05) is 20.3 Å². The average Bonchev–Trinajstić information content (AvgIpc) is 1.85. The normalized spacial score (nSPS) is 7.58. The largest absolute Gasteiger partial charge is 0.394 e. The third-order valence-corrected chi connectivity index (χ3v) is 0.636. The van der Waals surface area contributed by atoms with E-state index in [1.165, 1.54) is 13.8 Å². The van der Waals surface area contributed by atoms with Crippen LogP contribution in [0.5, 0.6) is 0 Å². The number of carbonyl (C=O) groups is 3. The first-order valence-corrected chi connectivity index (χ1v) is 3.37. The second kappa shape index (κ2) is 7.71. The zero-order chi connectivity index (χ0) is 10.1. The number of esters is 2. The highest BCUT2D eigenvalue weighted by atomic mass is 16.6. The molecule has 0 aromatic carbocycles. The highest BCUT2D eigenvalue weighted by Gasteiger charge is 1.93. The van der Waals surface area contributed by atoms with E-state index in [4.69, 9.17) is 0 Å². The van der Waals surface area contributed by atoms with Gasteiger partial charge in [-0.25, -0.2) is 0 Å². The first-order chi connectivity index (χ1) is 5.40. The molecule has 0 bridgehead atoms. The van der Waals surface area contributed by atoms with Gasteiger partial charge >= 0.3 is 11.9 Å². The number of nitrogens with two attached hydrogens (primary N) is 1. The monoisotopic (exact) mass is 175 g/mol. The van der Waals surface area contributed by atoms with Gasteiger partial charge in [0.2, 0.25) is 5.91 Å². The third-order valence-electron chi connectivity index (χ3n) is 0.636. The van der Waals surface area contributed by atoms with Crippen LogP contribution in [-0.2, 0) is 19.1 Å². The molecule has 0 saturated carbocycles. The van der Waals surface area contributed by atoms with Crippen molar-refractivity contribution in [3.8, 4) is 0 Å². The van der Waals surface area contributed by atoms with E-state index in [9.17, 15) is 14.4 Å². The van der Waals surface area contributed by atoms with Crippen LogP contribution in [0.15, 0.2) is 0 Å². The van der Waals surface area contributed by atoms with Crippen molar-refractivity contribution < 1.29 is 19.1 Å². The molecule has 0 saturated heterocycles. The van der Waals surface area contributed by atoms with Crippen LogP contribution in [0.2, 0.25) is 0 Å². The molecular formula is C7H13NO4. The zero-order valence-corrected chi connectivity index (χ0v) is 7.42. The van der Waals surface area contributed by atoms with Crippen LogP contribution in [0.25, 0.3) is 0 Å². The maximum absolute atomic E-state index is 9.81. The molecule has 2 N–H and O–H groups in total. The Labute approximate surface area is 70.9 Å². The standard InChI is InChI=1S/C4H6O3.C3H7NO/c1-3(5)7-4(2)6;1-2-3(4)5/h1-2H3;2H2,1H3,(H2,4,5). The van der Waals surface area contributed by atoms with Crippen molar-refractivity contribution in [2.45, 2.75) is 27.2 Å². The molecule has 0 aliphatic rings. The Morgan fingerprint density at radius 2 is 1.42 bits per heavy atom. The molecular weight excluding hydrogens is 162 g/mol. The van der Waals surface area contributed by atoms with Crippen molar-refractivity contribution in [2.24, 2.45) is 5.73 Å². The van der Waals surface area contributed by atoms with Crippen LogP contribution < -0.4 is 5.73 Å². The molecule has 0 spiro atoms. The number of hydrogen-bond donors (Lipinski definition) is 1. The molecule has 5 nitrogen and oxygen atoms in total. The summed E-state index contributed by atoms with van der Waals surface area (Å²) in [7, 11) is 0. The van der Waals surface area contributed by atoms with Crippen molar-refractivity contribution >= 4 is 17.8 Å². The maximum Gasteiger partial charge on any atom is 0.310 e. The predicted octanol–water partition coefficient (Wildman–Crippen LogP) is -0.0223. The number of amides is 1. The van der Waals surface area contributed by atoms with Gasteiger partial charge in [0.1, 0.15) is 0 Å². The van der Waals surface area contributed by atoms with E-state index in [1.807, 2.05) is 0 Å². The van der Waals surface area contributed by atoms with Crippen LogP contribution in [0.4, 0.5) is 0 Å². The Balaban J connectivity index is 0. The molecule has 0 aliphatic heterocycles. The number of hydrogen-bond acceptors (Lipinski definition) is 4. The molecule has 5 heteroatoms. The van der Waals surface area contributed by atoms with E-state index in [0.29, 0.717) is 6.42 Å². The minimum atomic E-state index is -0.562. The lowest BCUT2D eigenvalue weighted by atomic mass is 10.5. The predicted molar refractivity (Wildman–Crippen MR) is 41.9 cm³/mol. The van der Waals surface area contributed by atoms with E-state index in [-0.39, 0.29) is 5.91 Å². The fourth-order valence-corrected chi connectivity index (χ4v) is 0.202. The minimum Gasteiger partial charge on any atom is -0.394 e. The summed E-state index contributed by atoms with van der Waals surface area (Å²) in [5.41, 5.74) is 4.65. The van der Waals surface area contributed by atoms with E-state index in [2.05, 4.69) is 10.5 Å². The van der Waals surface area contributed by atoms with Gasteiger partial charge in [0.25, 0.3) is 0 Å². The van der Waals surface area contributed by atoms with Crippen molar-refractivity contribution in [1.82, 2.24) is 0 Å². The summed E-state index contributed by atoms with van der Waals surface area (Å²) in [4.78, 5) is 29.2. The zero-order valence-electron chi connectivity index (χ0n) is 7.42. The number of ether oxygens (including phenoxy) is 1. The summed E-state index contributed by atoms with van der Waals surface area (Å²) in [6, 6.07) is 0. The second-order valence-corrected chi connectivity index (χ2v) is 1.91. The molecule has 12 heavy (non-hydrogen) atoms. The van der Waals surface area contributed by atoms with Crippen LogP contribution in [-0.4, -0.2) is 17.8 Å². The molecule has 70 valence electrons. The lowest BCUT2D eigenvalue weighted by Crippen LogP contribution is -2.06. The van der Waals surface area contributed by atoms with Gasteiger partial charge in [-0.15, -0.1) is 0 Å². The molecule has 0 aliphatic carbocycles. The van der Waals surface area contributed by atoms with Crippen LogP contribution in [0, 0.1) is 0 Å². The van der Waals surface area contributed by atoms with E-state index in [1.54, 1.807) is 6.92 Å². The molecule has 0 aromatic rings. The van der Waals surface area contributed by atoms with Gasteiger partial charge < -0.3 is 10.5 Å². The van der Waals surface area contributed by atoms with Gasteiger partial charge in [0.05, 0.1) is 0 Å². The van der Waals surface area contributed by atoms with E-state index in [0.717, 1.165) is 0 Å². The fraction of sp³-hybridized carbons (Fsp3) is 0.571. The van der Waals surface area contributed by atoms with E-state index < -0.39 is 11.9 Å². The molecule has 0 heterocycles. The van der Waals surface area contributed by atoms with Crippen LogP contribution in [0.1, 0.15) is 27.2 Å². The Hall–Kier alpha value is -1.39. The van der Waals surface area contributed by atoms with E-state index >= 15 is 0 Å². The fourth-order valence-electron chi connectivity index (χ4n) is 0.202. The third kappa shape index (κ3) is 23.5. The first kappa shape index (κ1) is 13.2. The molecule has 0 radical (unpaired) electrons.